The van der Waals surface area contributed by atoms with Crippen LogP contribution in [0, 0.1) is 6.92 Å². The third kappa shape index (κ3) is 1.85. The molecule has 0 aliphatic heterocycles. The number of aryl methyl sites for hydroxylation is 1. The molecule has 0 aromatic carbocycles. The van der Waals surface area contributed by atoms with Crippen molar-refractivity contribution in [2.24, 2.45) is 0 Å². The first-order valence-corrected chi connectivity index (χ1v) is 5.51. The van der Waals surface area contributed by atoms with E-state index in [0.717, 1.165) is 0 Å². The highest BCUT2D eigenvalue weighted by Gasteiger charge is 2.22. The molecule has 0 atom stereocenters. The van der Waals surface area contributed by atoms with Gasteiger partial charge in [-0.05, 0) is 6.92 Å². The number of aromatic nitrogens is 2. The Hall–Kier alpha value is -1.14. The van der Waals surface area contributed by atoms with Crippen LogP contribution in [-0.4, -0.2) is 36.5 Å². The molecule has 78 valence electrons. The first kappa shape index (κ1) is 10.9. The fourth-order valence-electron chi connectivity index (χ4n) is 1.05. The highest BCUT2D eigenvalue weighted by atomic mass is 32.2. The number of nitrogens with one attached hydrogen (secondary N) is 1. The Kier molecular flexibility index (Phi) is 3.07. The van der Waals surface area contributed by atoms with Gasteiger partial charge in [0.2, 0.25) is 10.0 Å². The number of likely N-dealkylation sites (N-methyl/N-ethyl adjacent to an activating group) is 1. The van der Waals surface area contributed by atoms with E-state index in [9.17, 15) is 8.42 Å². The number of hydrogen-bond donors (Lipinski definition) is 1. The van der Waals surface area contributed by atoms with E-state index < -0.39 is 10.0 Å². The molecule has 0 spiro atoms. The molecule has 0 unspecified atom stereocenters. The largest absolute Gasteiger partial charge is 0.281 e. The van der Waals surface area contributed by atoms with Crippen molar-refractivity contribution in [3.8, 4) is 0 Å². The van der Waals surface area contributed by atoms with Gasteiger partial charge in [0.15, 0.2) is 0 Å². The summed E-state index contributed by atoms with van der Waals surface area (Å²) in [4.78, 5) is 0.210. The quantitative estimate of drug-likeness (QED) is 0.745. The SMILES string of the molecule is C=CCN(C)S(=O)(=O)c1cn[nH]c1C. The molecule has 0 bridgehead atoms. The van der Waals surface area contributed by atoms with E-state index >= 15 is 0 Å². The summed E-state index contributed by atoms with van der Waals surface area (Å²) in [6, 6.07) is 0. The smallest absolute Gasteiger partial charge is 0.246 e. The van der Waals surface area contributed by atoms with Crippen LogP contribution in [-0.2, 0) is 10.0 Å². The molecule has 5 nitrogen and oxygen atoms in total. The molecule has 6 heteroatoms. The van der Waals surface area contributed by atoms with Gasteiger partial charge in [-0.15, -0.1) is 6.58 Å². The molecule has 1 aromatic rings. The third-order valence-corrected chi connectivity index (χ3v) is 3.80. The second-order valence-electron chi connectivity index (χ2n) is 2.93. The van der Waals surface area contributed by atoms with Gasteiger partial charge in [0.25, 0.3) is 0 Å². The van der Waals surface area contributed by atoms with Gasteiger partial charge in [-0.3, -0.25) is 5.10 Å². The summed E-state index contributed by atoms with van der Waals surface area (Å²) in [7, 11) is -1.92. The molecule has 0 saturated heterocycles. The third-order valence-electron chi connectivity index (χ3n) is 1.86. The zero-order valence-corrected chi connectivity index (χ0v) is 9.00. The predicted octanol–water partition coefficient (Wildman–Crippen LogP) is 0.525. The van der Waals surface area contributed by atoms with Gasteiger partial charge in [0.1, 0.15) is 4.90 Å². The fourth-order valence-corrected chi connectivity index (χ4v) is 2.30. The molecule has 1 N–H and O–H groups in total. The zero-order chi connectivity index (χ0) is 10.8. The molecule has 0 amide bonds. The van der Waals surface area contributed by atoms with Crippen LogP contribution in [0.3, 0.4) is 0 Å². The molecule has 0 aliphatic rings. The Bertz CT molecular complexity index is 422. The van der Waals surface area contributed by atoms with Crippen LogP contribution in [0.1, 0.15) is 5.69 Å². The number of sulfonamides is 1. The summed E-state index contributed by atoms with van der Waals surface area (Å²) in [5.41, 5.74) is 0.543. The van der Waals surface area contributed by atoms with Crippen LogP contribution in [0.2, 0.25) is 0 Å². The highest BCUT2D eigenvalue weighted by Crippen LogP contribution is 2.15. The van der Waals surface area contributed by atoms with Gasteiger partial charge in [-0.1, -0.05) is 6.08 Å². The summed E-state index contributed by atoms with van der Waals surface area (Å²) < 4.78 is 24.9. The minimum atomic E-state index is -3.42. The summed E-state index contributed by atoms with van der Waals surface area (Å²) >= 11 is 0. The fraction of sp³-hybridized carbons (Fsp3) is 0.375. The van der Waals surface area contributed by atoms with Gasteiger partial charge in [0, 0.05) is 13.6 Å². The summed E-state index contributed by atoms with van der Waals surface area (Å²) in [6.07, 6.45) is 2.84. The van der Waals surface area contributed by atoms with E-state index in [-0.39, 0.29) is 11.4 Å². The molecule has 1 rings (SSSR count). The van der Waals surface area contributed by atoms with Crippen LogP contribution in [0.25, 0.3) is 0 Å². The van der Waals surface area contributed by atoms with Crippen molar-refractivity contribution in [2.75, 3.05) is 13.6 Å². The van der Waals surface area contributed by atoms with Gasteiger partial charge in [-0.2, -0.15) is 9.40 Å². The Morgan fingerprint density at radius 3 is 2.79 bits per heavy atom. The Balaban J connectivity index is 3.08. The van der Waals surface area contributed by atoms with Crippen LogP contribution in [0.15, 0.2) is 23.7 Å². The number of hydrogen-bond acceptors (Lipinski definition) is 3. The average Bonchev–Trinajstić information content (AvgIpc) is 2.52. The van der Waals surface area contributed by atoms with Crippen molar-refractivity contribution < 1.29 is 8.42 Å². The monoisotopic (exact) mass is 215 g/mol. The molecular weight excluding hydrogens is 202 g/mol. The number of rotatable bonds is 4. The first-order valence-electron chi connectivity index (χ1n) is 4.07. The molecule has 0 fully saturated rings. The van der Waals surface area contributed by atoms with Crippen molar-refractivity contribution in [1.29, 1.82) is 0 Å². The lowest BCUT2D eigenvalue weighted by atomic mass is 10.5. The van der Waals surface area contributed by atoms with E-state index in [1.807, 2.05) is 0 Å². The zero-order valence-electron chi connectivity index (χ0n) is 8.19. The number of aromatic amines is 1. The van der Waals surface area contributed by atoms with Crippen molar-refractivity contribution in [3.63, 3.8) is 0 Å². The van der Waals surface area contributed by atoms with Gasteiger partial charge < -0.3 is 0 Å². The predicted molar refractivity (Wildman–Crippen MR) is 53.3 cm³/mol. The Morgan fingerprint density at radius 1 is 1.71 bits per heavy atom. The van der Waals surface area contributed by atoms with Crippen molar-refractivity contribution in [2.45, 2.75) is 11.8 Å². The lowest BCUT2D eigenvalue weighted by molar-refractivity contribution is 0.499. The highest BCUT2D eigenvalue weighted by molar-refractivity contribution is 7.89. The second-order valence-corrected chi connectivity index (χ2v) is 4.95. The van der Waals surface area contributed by atoms with Crippen molar-refractivity contribution >= 4 is 10.0 Å². The van der Waals surface area contributed by atoms with E-state index in [1.54, 1.807) is 6.92 Å². The summed E-state index contributed by atoms with van der Waals surface area (Å²) in [5, 5.41) is 6.26. The maximum Gasteiger partial charge on any atom is 0.246 e. The molecule has 0 radical (unpaired) electrons. The van der Waals surface area contributed by atoms with Gasteiger partial charge in [-0.25, -0.2) is 8.42 Å². The van der Waals surface area contributed by atoms with Gasteiger partial charge >= 0.3 is 0 Å². The second kappa shape index (κ2) is 3.93. The molecular formula is C8H13N3O2S. The first-order chi connectivity index (χ1) is 6.50. The van der Waals surface area contributed by atoms with E-state index in [4.69, 9.17) is 0 Å². The Labute approximate surface area is 83.5 Å². The molecule has 1 aromatic heterocycles. The van der Waals surface area contributed by atoms with Crippen LogP contribution in [0.5, 0.6) is 0 Å². The minimum Gasteiger partial charge on any atom is -0.281 e. The minimum absolute atomic E-state index is 0.210. The normalized spacial score (nSPS) is 11.9. The number of H-pyrrole nitrogens is 1. The van der Waals surface area contributed by atoms with Gasteiger partial charge in [0.05, 0.1) is 11.9 Å². The summed E-state index contributed by atoms with van der Waals surface area (Å²) in [6.45, 7) is 5.44. The average molecular weight is 215 g/mol. The summed E-state index contributed by atoms with van der Waals surface area (Å²) in [5.74, 6) is 0. The lowest BCUT2D eigenvalue weighted by Gasteiger charge is -2.13. The van der Waals surface area contributed by atoms with E-state index in [1.165, 1.54) is 23.6 Å². The molecule has 0 saturated carbocycles. The standard InChI is InChI=1S/C8H13N3O2S/c1-4-5-11(3)14(12,13)8-6-9-10-7(8)2/h4,6H,1,5H2,2-3H3,(H,9,10). The van der Waals surface area contributed by atoms with Crippen molar-refractivity contribution in [1.82, 2.24) is 14.5 Å². The van der Waals surface area contributed by atoms with Crippen molar-refractivity contribution in [3.05, 3.63) is 24.5 Å². The molecule has 0 aliphatic carbocycles. The van der Waals surface area contributed by atoms with Crippen LogP contribution < -0.4 is 0 Å². The number of nitrogens with zero attached hydrogens (tertiary/aromatic N) is 2. The topological polar surface area (TPSA) is 66.1 Å². The lowest BCUT2D eigenvalue weighted by Crippen LogP contribution is -2.27. The van der Waals surface area contributed by atoms with E-state index in [2.05, 4.69) is 16.8 Å². The molecule has 14 heavy (non-hydrogen) atoms. The Morgan fingerprint density at radius 2 is 2.36 bits per heavy atom. The maximum atomic E-state index is 11.8. The van der Waals surface area contributed by atoms with Crippen LogP contribution >= 0.6 is 0 Å². The maximum absolute atomic E-state index is 11.8. The van der Waals surface area contributed by atoms with Crippen LogP contribution in [0.4, 0.5) is 0 Å². The molecule has 1 heterocycles. The van der Waals surface area contributed by atoms with E-state index in [0.29, 0.717) is 5.69 Å².